The number of para-hydroxylation sites is 1. The van der Waals surface area contributed by atoms with Gasteiger partial charge in [-0.15, -0.1) is 41.6 Å². The molecule has 41 heavy (non-hydrogen) atoms. The van der Waals surface area contributed by atoms with Crippen molar-refractivity contribution < 1.29 is 30.0 Å². The molecule has 2 heterocycles. The van der Waals surface area contributed by atoms with Gasteiger partial charge >= 0.3 is 20.1 Å². The standard InChI is InChI=1S/C15H18N2.C15H10N.C5H8O2.Ir/c1-3-7-14(8-4-1)16-11-12-17(13-16)15-9-5-2-6-10-15;1-2-7-13(8-3-1)15-14-9-5-4-6-12(14)10-11-16-15;1-4(6)3-5(2)7;/h1,3-4,7,11-13,15H,2,5-6,9-10H2;1-7,9-11H;3,6H,1-2H3;/q-2;-1;;+3/b;;4-3-;. The van der Waals surface area contributed by atoms with E-state index in [1.165, 1.54) is 62.8 Å². The van der Waals surface area contributed by atoms with Crippen LogP contribution in [0.5, 0.6) is 0 Å². The number of pyridine rings is 1. The predicted molar refractivity (Wildman–Crippen MR) is 163 cm³/mol. The van der Waals surface area contributed by atoms with Crippen LogP contribution in [0.15, 0.2) is 109 Å². The number of nitrogens with zero attached hydrogens (tertiary/aromatic N) is 3. The van der Waals surface area contributed by atoms with Crippen molar-refractivity contribution in [1.82, 2.24) is 9.88 Å². The molecular weight excluding hydrogens is 687 g/mol. The minimum absolute atomic E-state index is 0. The second-order valence-electron chi connectivity index (χ2n) is 9.86. The summed E-state index contributed by atoms with van der Waals surface area (Å²) >= 11 is 0. The van der Waals surface area contributed by atoms with Crippen LogP contribution >= 0.6 is 0 Å². The molecule has 0 bridgehead atoms. The number of carbonyl (C=O) groups is 1. The quantitative estimate of drug-likeness (QED) is 0.131. The van der Waals surface area contributed by atoms with Crippen LogP contribution in [0.3, 0.4) is 0 Å². The summed E-state index contributed by atoms with van der Waals surface area (Å²) in [6, 6.07) is 33.5. The number of fused-ring (bicyclic) bond motifs is 1. The van der Waals surface area contributed by atoms with Gasteiger partial charge in [0.1, 0.15) is 0 Å². The van der Waals surface area contributed by atoms with Crippen molar-refractivity contribution >= 4 is 22.2 Å². The number of anilines is 1. The number of hydrogen-bond acceptors (Lipinski definition) is 5. The zero-order valence-electron chi connectivity index (χ0n) is 23.5. The first kappa shape index (κ1) is 31.8. The summed E-state index contributed by atoms with van der Waals surface area (Å²) < 4.78 is 0. The first-order valence-electron chi connectivity index (χ1n) is 13.8. The van der Waals surface area contributed by atoms with Gasteiger partial charge in [0.25, 0.3) is 0 Å². The van der Waals surface area contributed by atoms with E-state index in [1.54, 1.807) is 0 Å². The normalized spacial score (nSPS) is 14.8. The van der Waals surface area contributed by atoms with E-state index in [1.807, 2.05) is 60.8 Å². The molecule has 2 aliphatic rings. The van der Waals surface area contributed by atoms with Gasteiger partial charge in [0.05, 0.1) is 5.76 Å². The number of benzene rings is 3. The van der Waals surface area contributed by atoms with E-state index in [2.05, 4.69) is 70.3 Å². The minimum Gasteiger partial charge on any atom is -0.512 e. The van der Waals surface area contributed by atoms with Gasteiger partial charge in [0.15, 0.2) is 5.78 Å². The maximum absolute atomic E-state index is 10.0. The van der Waals surface area contributed by atoms with Crippen LogP contribution in [0.1, 0.15) is 46.0 Å². The van der Waals surface area contributed by atoms with E-state index >= 15 is 0 Å². The second-order valence-corrected chi connectivity index (χ2v) is 9.86. The Morgan fingerprint density at radius 1 is 0.927 bits per heavy atom. The molecule has 5 nitrogen and oxygen atoms in total. The van der Waals surface area contributed by atoms with E-state index in [0.717, 1.165) is 16.9 Å². The number of aliphatic hydroxyl groups excluding tert-OH is 1. The largest absolute Gasteiger partial charge is 3.00 e. The van der Waals surface area contributed by atoms with Gasteiger partial charge in [0.2, 0.25) is 0 Å². The van der Waals surface area contributed by atoms with Crippen LogP contribution in [0.25, 0.3) is 22.0 Å². The third-order valence-electron chi connectivity index (χ3n) is 6.67. The average molecular weight is 723 g/mol. The molecule has 0 radical (unpaired) electrons. The van der Waals surface area contributed by atoms with Gasteiger partial charge in [-0.3, -0.25) is 4.79 Å². The number of rotatable bonds is 4. The fourth-order valence-electron chi connectivity index (χ4n) is 4.82. The van der Waals surface area contributed by atoms with Crippen molar-refractivity contribution in [2.45, 2.75) is 52.0 Å². The number of ketones is 1. The van der Waals surface area contributed by atoms with E-state index in [-0.39, 0.29) is 31.6 Å². The van der Waals surface area contributed by atoms with Crippen molar-refractivity contribution in [3.8, 4) is 11.3 Å². The van der Waals surface area contributed by atoms with Crippen LogP contribution in [0.2, 0.25) is 0 Å². The molecule has 4 aromatic rings. The number of allylic oxidation sites excluding steroid dienone is 2. The molecule has 6 rings (SSSR count). The third kappa shape index (κ3) is 9.70. The number of aromatic nitrogens is 1. The van der Waals surface area contributed by atoms with E-state index in [9.17, 15) is 4.79 Å². The molecule has 1 N–H and O–H groups in total. The Morgan fingerprint density at radius 3 is 2.27 bits per heavy atom. The summed E-state index contributed by atoms with van der Waals surface area (Å²) in [4.78, 5) is 19.0. The monoisotopic (exact) mass is 723 g/mol. The molecule has 6 heteroatoms. The van der Waals surface area contributed by atoms with Crippen molar-refractivity contribution in [2.75, 3.05) is 4.90 Å². The predicted octanol–water partition coefficient (Wildman–Crippen LogP) is 8.27. The molecule has 1 fully saturated rings. The summed E-state index contributed by atoms with van der Waals surface area (Å²) in [5.74, 6) is -0.0625. The van der Waals surface area contributed by atoms with Crippen LogP contribution in [-0.2, 0) is 24.9 Å². The van der Waals surface area contributed by atoms with Crippen LogP contribution in [0.4, 0.5) is 5.69 Å². The van der Waals surface area contributed by atoms with Crippen molar-refractivity contribution in [1.29, 1.82) is 0 Å². The summed E-state index contributed by atoms with van der Waals surface area (Å²) in [6.07, 6.45) is 14.1. The summed E-state index contributed by atoms with van der Waals surface area (Å²) in [5, 5.41) is 10.7. The minimum atomic E-state index is -0.125. The fourth-order valence-corrected chi connectivity index (χ4v) is 4.82. The molecule has 212 valence electrons. The topological polar surface area (TPSA) is 56.7 Å². The average Bonchev–Trinajstić information content (AvgIpc) is 3.49. The Balaban J connectivity index is 0.000000181. The molecular formula is C35H36IrN3O2. The zero-order chi connectivity index (χ0) is 28.2. The number of aliphatic hydroxyl groups is 1. The Morgan fingerprint density at radius 2 is 1.63 bits per heavy atom. The molecule has 1 aromatic heterocycles. The molecule has 0 atom stereocenters. The Bertz CT molecular complexity index is 1410. The van der Waals surface area contributed by atoms with E-state index in [4.69, 9.17) is 5.11 Å². The van der Waals surface area contributed by atoms with Gasteiger partial charge in [0, 0.05) is 18.3 Å². The molecule has 0 spiro atoms. The molecule has 1 aliphatic heterocycles. The second kappa shape index (κ2) is 16.5. The first-order chi connectivity index (χ1) is 19.5. The SMILES string of the molecule is CC(=O)/C=C(/C)O.[Ir+3].[c-]1ccccc1-c1nccc2ccccc12.[c-]1ccccc1N1C=CN(C2CCCCC2)[CH-]1. The van der Waals surface area contributed by atoms with Crippen LogP contribution in [-0.4, -0.2) is 26.8 Å². The van der Waals surface area contributed by atoms with Gasteiger partial charge in [-0.05, 0) is 61.6 Å². The molecule has 3 aromatic carbocycles. The molecule has 0 amide bonds. The summed E-state index contributed by atoms with van der Waals surface area (Å²) in [5.41, 5.74) is 3.15. The third-order valence-corrected chi connectivity index (χ3v) is 6.67. The summed E-state index contributed by atoms with van der Waals surface area (Å²) in [7, 11) is 0. The van der Waals surface area contributed by atoms with Crippen LogP contribution in [0, 0.1) is 18.8 Å². The Hall–Kier alpha value is -3.73. The van der Waals surface area contributed by atoms with Gasteiger partial charge in [-0.2, -0.15) is 37.0 Å². The molecule has 0 unspecified atom stereocenters. The number of hydrogen-bond donors (Lipinski definition) is 1. The maximum atomic E-state index is 10.0. The van der Waals surface area contributed by atoms with Gasteiger partial charge in [-0.25, -0.2) is 0 Å². The molecule has 0 saturated heterocycles. The van der Waals surface area contributed by atoms with Crippen molar-refractivity contribution in [3.05, 3.63) is 128 Å². The zero-order valence-corrected chi connectivity index (χ0v) is 25.9. The fraction of sp³-hybridized carbons (Fsp3) is 0.229. The van der Waals surface area contributed by atoms with E-state index < -0.39 is 0 Å². The van der Waals surface area contributed by atoms with Crippen molar-refractivity contribution in [2.24, 2.45) is 0 Å². The van der Waals surface area contributed by atoms with Crippen LogP contribution < -0.4 is 4.90 Å². The smallest absolute Gasteiger partial charge is 0.512 e. The summed E-state index contributed by atoms with van der Waals surface area (Å²) in [6.45, 7) is 5.04. The Labute approximate surface area is 257 Å². The molecule has 1 aliphatic carbocycles. The van der Waals surface area contributed by atoms with Gasteiger partial charge in [-0.1, -0.05) is 43.5 Å². The van der Waals surface area contributed by atoms with E-state index in [0.29, 0.717) is 6.04 Å². The first-order valence-corrected chi connectivity index (χ1v) is 13.8. The van der Waals surface area contributed by atoms with Gasteiger partial charge < -0.3 is 19.9 Å². The number of carbonyl (C=O) groups excluding carboxylic acids is 1. The Kier molecular flexibility index (Phi) is 12.8. The van der Waals surface area contributed by atoms with Crippen molar-refractivity contribution in [3.63, 3.8) is 0 Å². The maximum Gasteiger partial charge on any atom is 3.00 e. The molecule has 1 saturated carbocycles.